The monoisotopic (exact) mass is 340 g/mol. The maximum Gasteiger partial charge on any atom is 0.136 e. The average molecular weight is 340 g/mol. The molecule has 1 aliphatic carbocycles. The van der Waals surface area contributed by atoms with Gasteiger partial charge < -0.3 is 9.84 Å². The van der Waals surface area contributed by atoms with Gasteiger partial charge in [-0.1, -0.05) is 6.92 Å². The van der Waals surface area contributed by atoms with Gasteiger partial charge in [0.1, 0.15) is 17.3 Å². The van der Waals surface area contributed by atoms with E-state index >= 15 is 0 Å². The van der Waals surface area contributed by atoms with Crippen molar-refractivity contribution >= 4 is 17.3 Å². The Bertz CT molecular complexity index is 418. The van der Waals surface area contributed by atoms with E-state index in [4.69, 9.17) is 4.74 Å². The molecule has 1 saturated carbocycles. The van der Waals surface area contributed by atoms with Crippen LogP contribution in [0.1, 0.15) is 71.1 Å². The smallest absolute Gasteiger partial charge is 0.136 e. The highest BCUT2D eigenvalue weighted by molar-refractivity contribution is 5.89. The summed E-state index contributed by atoms with van der Waals surface area (Å²) in [5.41, 5.74) is 0. The second-order valence-corrected chi connectivity index (χ2v) is 6.97. The van der Waals surface area contributed by atoms with E-state index in [0.717, 1.165) is 19.3 Å². The molecule has 138 valence electrons. The van der Waals surface area contributed by atoms with Gasteiger partial charge in [0.15, 0.2) is 0 Å². The van der Waals surface area contributed by atoms with E-state index in [1.165, 1.54) is 0 Å². The number of carbonyl (C=O) groups excluding carboxylic acids is 3. The fourth-order valence-corrected chi connectivity index (χ4v) is 3.44. The zero-order valence-corrected chi connectivity index (χ0v) is 15.1. The summed E-state index contributed by atoms with van der Waals surface area (Å²) in [5, 5.41) is 10.1. The molecule has 0 bridgehead atoms. The van der Waals surface area contributed by atoms with Crippen molar-refractivity contribution in [3.05, 3.63) is 0 Å². The van der Waals surface area contributed by atoms with Gasteiger partial charge in [-0.2, -0.15) is 0 Å². The molecule has 5 heteroatoms. The molecule has 0 aromatic rings. The summed E-state index contributed by atoms with van der Waals surface area (Å²) in [5.74, 6) is 0.572. The third kappa shape index (κ3) is 8.15. The number of rotatable bonds is 12. The lowest BCUT2D eigenvalue weighted by atomic mass is 9.76. The number of Topliss-reactive ketones (excluding diaryl/α,β-unsaturated/α-hetero) is 3. The number of hydrogen-bond acceptors (Lipinski definition) is 5. The molecule has 1 fully saturated rings. The number of aliphatic hydroxyl groups is 1. The Hall–Kier alpha value is -1.07. The minimum absolute atomic E-state index is 0.124. The summed E-state index contributed by atoms with van der Waals surface area (Å²) in [6, 6.07) is 0. The maximum atomic E-state index is 11.8. The Morgan fingerprint density at radius 1 is 1.25 bits per heavy atom. The van der Waals surface area contributed by atoms with Crippen LogP contribution in [-0.4, -0.2) is 42.3 Å². The van der Waals surface area contributed by atoms with Gasteiger partial charge in [-0.3, -0.25) is 14.4 Å². The van der Waals surface area contributed by atoms with Gasteiger partial charge >= 0.3 is 0 Å². The minimum atomic E-state index is -0.506. The van der Waals surface area contributed by atoms with Gasteiger partial charge in [0.2, 0.25) is 0 Å². The fourth-order valence-electron chi connectivity index (χ4n) is 3.44. The van der Waals surface area contributed by atoms with Crippen molar-refractivity contribution in [3.8, 4) is 0 Å². The summed E-state index contributed by atoms with van der Waals surface area (Å²) < 4.78 is 4.91. The number of methoxy groups -OCH3 is 1. The first-order chi connectivity index (χ1) is 11.5. The van der Waals surface area contributed by atoms with Gasteiger partial charge in [-0.25, -0.2) is 0 Å². The number of carbonyl (C=O) groups is 3. The Kier molecular flexibility index (Phi) is 10.0. The van der Waals surface area contributed by atoms with Gasteiger partial charge in [0, 0.05) is 51.7 Å². The molecule has 1 rings (SSSR count). The number of hydrogen-bond donors (Lipinski definition) is 1. The van der Waals surface area contributed by atoms with E-state index in [-0.39, 0.29) is 29.2 Å². The lowest BCUT2D eigenvalue weighted by Crippen LogP contribution is -2.28. The lowest BCUT2D eigenvalue weighted by molar-refractivity contribution is -0.131. The van der Waals surface area contributed by atoms with Crippen LogP contribution >= 0.6 is 0 Å². The maximum absolute atomic E-state index is 11.8. The molecule has 0 heterocycles. The van der Waals surface area contributed by atoms with Crippen LogP contribution < -0.4 is 0 Å². The predicted molar refractivity (Wildman–Crippen MR) is 91.7 cm³/mol. The van der Waals surface area contributed by atoms with Crippen molar-refractivity contribution in [2.75, 3.05) is 13.7 Å². The van der Waals surface area contributed by atoms with Crippen LogP contribution in [0.25, 0.3) is 0 Å². The average Bonchev–Trinajstić information content (AvgIpc) is 2.57. The molecule has 0 aromatic heterocycles. The lowest BCUT2D eigenvalue weighted by Gasteiger charge is -2.27. The molecule has 3 atom stereocenters. The third-order valence-electron chi connectivity index (χ3n) is 4.88. The van der Waals surface area contributed by atoms with Crippen molar-refractivity contribution in [2.24, 2.45) is 11.8 Å². The molecule has 3 unspecified atom stereocenters. The second kappa shape index (κ2) is 11.5. The highest BCUT2D eigenvalue weighted by Crippen LogP contribution is 2.31. The van der Waals surface area contributed by atoms with Gasteiger partial charge in [0.25, 0.3) is 0 Å². The van der Waals surface area contributed by atoms with Crippen LogP contribution in [0.15, 0.2) is 0 Å². The standard InChI is InChI=1S/C19H32O5/c1-3-19(23)15-11-14(12-18(22)13-15)6-7-17(21)9-8-16(20)5-4-10-24-2/h14-15,17,21H,3-13H2,1-2H3. The van der Waals surface area contributed by atoms with Crippen LogP contribution in [0.2, 0.25) is 0 Å². The number of ketones is 3. The highest BCUT2D eigenvalue weighted by Gasteiger charge is 2.30. The van der Waals surface area contributed by atoms with Crippen LogP contribution in [0.4, 0.5) is 0 Å². The van der Waals surface area contributed by atoms with E-state index in [2.05, 4.69) is 0 Å². The largest absolute Gasteiger partial charge is 0.393 e. The molecule has 0 amide bonds. The molecule has 0 spiro atoms. The summed E-state index contributed by atoms with van der Waals surface area (Å²) in [6.07, 6.45) is 5.09. The van der Waals surface area contributed by atoms with E-state index in [9.17, 15) is 19.5 Å². The molecule has 1 aliphatic rings. The topological polar surface area (TPSA) is 80.7 Å². The molecule has 24 heavy (non-hydrogen) atoms. The quantitative estimate of drug-likeness (QED) is 0.553. The first-order valence-electron chi connectivity index (χ1n) is 9.19. The summed E-state index contributed by atoms with van der Waals surface area (Å²) in [7, 11) is 1.61. The van der Waals surface area contributed by atoms with E-state index in [0.29, 0.717) is 51.6 Å². The van der Waals surface area contributed by atoms with Gasteiger partial charge in [-0.15, -0.1) is 0 Å². The number of ether oxygens (including phenoxy) is 1. The van der Waals surface area contributed by atoms with Gasteiger partial charge in [-0.05, 0) is 38.0 Å². The molecular weight excluding hydrogens is 308 g/mol. The van der Waals surface area contributed by atoms with Crippen molar-refractivity contribution in [2.45, 2.75) is 77.2 Å². The van der Waals surface area contributed by atoms with Crippen molar-refractivity contribution in [1.82, 2.24) is 0 Å². The molecule has 0 radical (unpaired) electrons. The Morgan fingerprint density at radius 2 is 2.00 bits per heavy atom. The Labute approximate surface area is 145 Å². The molecule has 5 nitrogen and oxygen atoms in total. The van der Waals surface area contributed by atoms with E-state index < -0.39 is 6.10 Å². The summed E-state index contributed by atoms with van der Waals surface area (Å²) >= 11 is 0. The third-order valence-corrected chi connectivity index (χ3v) is 4.88. The fraction of sp³-hybridized carbons (Fsp3) is 0.842. The normalized spacial score (nSPS) is 22.4. The summed E-state index contributed by atoms with van der Waals surface area (Å²) in [4.78, 5) is 35.3. The molecular formula is C19H32O5. The molecule has 0 aromatic carbocycles. The van der Waals surface area contributed by atoms with Crippen LogP contribution in [0.5, 0.6) is 0 Å². The molecule has 0 saturated heterocycles. The van der Waals surface area contributed by atoms with Crippen LogP contribution in [0, 0.1) is 11.8 Å². The van der Waals surface area contributed by atoms with Crippen molar-refractivity contribution in [3.63, 3.8) is 0 Å². The SMILES string of the molecule is CCC(=O)C1CC(=O)CC(CCC(O)CCC(=O)CCCOC)C1. The zero-order valence-electron chi connectivity index (χ0n) is 15.1. The predicted octanol–water partition coefficient (Wildman–Crippen LogP) is 2.87. The van der Waals surface area contributed by atoms with E-state index in [1.807, 2.05) is 6.92 Å². The Morgan fingerprint density at radius 3 is 2.67 bits per heavy atom. The van der Waals surface area contributed by atoms with Crippen LogP contribution in [0.3, 0.4) is 0 Å². The van der Waals surface area contributed by atoms with Crippen molar-refractivity contribution < 1.29 is 24.2 Å². The number of aliphatic hydroxyl groups excluding tert-OH is 1. The van der Waals surface area contributed by atoms with Crippen molar-refractivity contribution in [1.29, 1.82) is 0 Å². The summed E-state index contributed by atoms with van der Waals surface area (Å²) in [6.45, 7) is 2.42. The zero-order chi connectivity index (χ0) is 17.9. The van der Waals surface area contributed by atoms with Crippen LogP contribution in [-0.2, 0) is 19.1 Å². The second-order valence-electron chi connectivity index (χ2n) is 6.97. The molecule has 1 N–H and O–H groups in total. The minimum Gasteiger partial charge on any atom is -0.393 e. The molecule has 0 aliphatic heterocycles. The van der Waals surface area contributed by atoms with E-state index in [1.54, 1.807) is 7.11 Å². The van der Waals surface area contributed by atoms with Gasteiger partial charge in [0.05, 0.1) is 6.10 Å². The first kappa shape index (κ1) is 21.0. The first-order valence-corrected chi connectivity index (χ1v) is 9.19. The Balaban J connectivity index is 2.25. The highest BCUT2D eigenvalue weighted by atomic mass is 16.5.